The molecule has 0 radical (unpaired) electrons. The van der Waals surface area contributed by atoms with Crippen molar-refractivity contribution in [3.05, 3.63) is 112 Å². The van der Waals surface area contributed by atoms with Crippen LogP contribution in [-0.2, 0) is 19.1 Å². The highest BCUT2D eigenvalue weighted by molar-refractivity contribution is 6.39. The van der Waals surface area contributed by atoms with Gasteiger partial charge in [-0.1, -0.05) is 78.4 Å². The standard InChI is InChI=1S/C27H26O4/c1-18-15-19(2)25(20(3)16-18)24(17-23(28)27(29)30-4)31-26(21-11-7-5-8-12-21)22-13-9-6-10-14-22/h5-17,26H,1-4H3/b24-17+. The summed E-state index contributed by atoms with van der Waals surface area (Å²) >= 11 is 0. The molecule has 0 fully saturated rings. The average Bonchev–Trinajstić information content (AvgIpc) is 2.77. The minimum absolute atomic E-state index is 0.336. The van der Waals surface area contributed by atoms with Crippen LogP contribution in [0.3, 0.4) is 0 Å². The van der Waals surface area contributed by atoms with Crippen LogP contribution in [0.4, 0.5) is 0 Å². The van der Waals surface area contributed by atoms with Gasteiger partial charge >= 0.3 is 5.97 Å². The molecule has 0 N–H and O–H groups in total. The fourth-order valence-electron chi connectivity index (χ4n) is 3.72. The van der Waals surface area contributed by atoms with Crippen LogP contribution < -0.4 is 0 Å². The summed E-state index contributed by atoms with van der Waals surface area (Å²) in [5, 5.41) is 0. The molecule has 0 atom stereocenters. The lowest BCUT2D eigenvalue weighted by molar-refractivity contribution is -0.149. The molecule has 4 nitrogen and oxygen atoms in total. The van der Waals surface area contributed by atoms with Gasteiger partial charge in [-0.3, -0.25) is 4.79 Å². The highest BCUT2D eigenvalue weighted by Gasteiger charge is 2.23. The fraction of sp³-hybridized carbons (Fsp3) is 0.185. The molecule has 0 aliphatic carbocycles. The Morgan fingerprint density at radius 1 is 0.806 bits per heavy atom. The lowest BCUT2D eigenvalue weighted by Crippen LogP contribution is -2.15. The van der Waals surface area contributed by atoms with E-state index in [1.165, 1.54) is 13.2 Å². The molecule has 158 valence electrons. The van der Waals surface area contributed by atoms with Crippen molar-refractivity contribution in [2.75, 3.05) is 7.11 Å². The van der Waals surface area contributed by atoms with E-state index in [1.807, 2.05) is 93.6 Å². The number of aryl methyl sites for hydroxylation is 3. The monoisotopic (exact) mass is 414 g/mol. The molecule has 3 rings (SSSR count). The van der Waals surface area contributed by atoms with Crippen LogP contribution in [0.15, 0.2) is 78.9 Å². The third-order valence-electron chi connectivity index (χ3n) is 5.02. The Labute approximate surface area is 183 Å². The number of carbonyl (C=O) groups is 2. The highest BCUT2D eigenvalue weighted by Crippen LogP contribution is 2.34. The second-order valence-corrected chi connectivity index (χ2v) is 7.46. The van der Waals surface area contributed by atoms with E-state index in [0.717, 1.165) is 33.4 Å². The van der Waals surface area contributed by atoms with Gasteiger partial charge in [-0.25, -0.2) is 4.79 Å². The van der Waals surface area contributed by atoms with E-state index in [0.29, 0.717) is 5.76 Å². The Kier molecular flexibility index (Phi) is 7.03. The van der Waals surface area contributed by atoms with Crippen molar-refractivity contribution in [1.29, 1.82) is 0 Å². The second kappa shape index (κ2) is 9.90. The zero-order chi connectivity index (χ0) is 22.4. The summed E-state index contributed by atoms with van der Waals surface area (Å²) in [4.78, 5) is 24.3. The maximum atomic E-state index is 12.5. The normalized spacial score (nSPS) is 11.3. The van der Waals surface area contributed by atoms with Crippen molar-refractivity contribution in [3.8, 4) is 0 Å². The van der Waals surface area contributed by atoms with Crippen molar-refractivity contribution in [2.24, 2.45) is 0 Å². The lowest BCUT2D eigenvalue weighted by atomic mass is 9.96. The van der Waals surface area contributed by atoms with Gasteiger partial charge < -0.3 is 9.47 Å². The summed E-state index contributed by atoms with van der Waals surface area (Å²) in [7, 11) is 1.19. The first-order valence-electron chi connectivity index (χ1n) is 10.1. The summed E-state index contributed by atoms with van der Waals surface area (Å²) in [6.45, 7) is 5.95. The molecule has 0 aliphatic rings. The SMILES string of the molecule is COC(=O)C(=O)/C=C(/OC(c1ccccc1)c1ccccc1)c1c(C)cc(C)cc1C. The van der Waals surface area contributed by atoms with E-state index in [1.54, 1.807) is 0 Å². The molecule has 4 heteroatoms. The Morgan fingerprint density at radius 3 is 1.74 bits per heavy atom. The number of ether oxygens (including phenoxy) is 2. The number of carbonyl (C=O) groups excluding carboxylic acids is 2. The van der Waals surface area contributed by atoms with Gasteiger partial charge in [0, 0.05) is 11.6 Å². The van der Waals surface area contributed by atoms with E-state index in [2.05, 4.69) is 4.74 Å². The fourth-order valence-corrected chi connectivity index (χ4v) is 3.72. The highest BCUT2D eigenvalue weighted by atomic mass is 16.5. The largest absolute Gasteiger partial charge is 0.480 e. The van der Waals surface area contributed by atoms with E-state index < -0.39 is 17.9 Å². The number of hydrogen-bond acceptors (Lipinski definition) is 4. The molecule has 0 aromatic heterocycles. The Balaban J connectivity index is 2.15. The van der Waals surface area contributed by atoms with Gasteiger partial charge in [0.1, 0.15) is 11.9 Å². The Morgan fingerprint density at radius 2 is 1.29 bits per heavy atom. The quantitative estimate of drug-likeness (QED) is 0.222. The molecule has 0 amide bonds. The number of hydrogen-bond donors (Lipinski definition) is 0. The van der Waals surface area contributed by atoms with Crippen molar-refractivity contribution in [3.63, 3.8) is 0 Å². The number of benzene rings is 3. The van der Waals surface area contributed by atoms with Crippen molar-refractivity contribution in [1.82, 2.24) is 0 Å². The number of ketones is 1. The molecular weight excluding hydrogens is 388 g/mol. The van der Waals surface area contributed by atoms with Crippen molar-refractivity contribution >= 4 is 17.5 Å². The maximum absolute atomic E-state index is 12.5. The first-order chi connectivity index (χ1) is 14.9. The van der Waals surface area contributed by atoms with Crippen LogP contribution in [0.2, 0.25) is 0 Å². The van der Waals surface area contributed by atoms with Gasteiger partial charge in [0.15, 0.2) is 0 Å². The maximum Gasteiger partial charge on any atom is 0.378 e. The minimum atomic E-state index is -0.931. The first-order valence-corrected chi connectivity index (χ1v) is 10.1. The van der Waals surface area contributed by atoms with Crippen LogP contribution in [0, 0.1) is 20.8 Å². The van der Waals surface area contributed by atoms with E-state index in [-0.39, 0.29) is 0 Å². The molecular formula is C27H26O4. The van der Waals surface area contributed by atoms with Crippen LogP contribution >= 0.6 is 0 Å². The van der Waals surface area contributed by atoms with E-state index in [9.17, 15) is 9.59 Å². The topological polar surface area (TPSA) is 52.6 Å². The molecule has 0 bridgehead atoms. The van der Waals surface area contributed by atoms with Gasteiger partial charge in [-0.05, 0) is 43.0 Å². The van der Waals surface area contributed by atoms with Crippen molar-refractivity contribution < 1.29 is 19.1 Å². The van der Waals surface area contributed by atoms with Crippen LogP contribution in [-0.4, -0.2) is 18.9 Å². The average molecular weight is 415 g/mol. The van der Waals surface area contributed by atoms with E-state index in [4.69, 9.17) is 4.74 Å². The summed E-state index contributed by atoms with van der Waals surface area (Å²) in [6.07, 6.45) is 0.772. The van der Waals surface area contributed by atoms with E-state index >= 15 is 0 Å². The summed E-state index contributed by atoms with van der Waals surface area (Å²) < 4.78 is 11.1. The van der Waals surface area contributed by atoms with Crippen LogP contribution in [0.5, 0.6) is 0 Å². The molecule has 31 heavy (non-hydrogen) atoms. The molecule has 3 aromatic rings. The second-order valence-electron chi connectivity index (χ2n) is 7.46. The number of methoxy groups -OCH3 is 1. The van der Waals surface area contributed by atoms with Gasteiger partial charge in [-0.2, -0.15) is 0 Å². The van der Waals surface area contributed by atoms with Crippen LogP contribution in [0.1, 0.15) is 39.5 Å². The zero-order valence-corrected chi connectivity index (χ0v) is 18.2. The Hall–Kier alpha value is -3.66. The predicted octanol–water partition coefficient (Wildman–Crippen LogP) is 5.50. The Bertz CT molecular complexity index is 1040. The van der Waals surface area contributed by atoms with Crippen LogP contribution in [0.25, 0.3) is 5.76 Å². The first kappa shape index (κ1) is 22.0. The molecule has 0 aliphatic heterocycles. The number of esters is 1. The summed E-state index contributed by atoms with van der Waals surface area (Å²) in [6, 6.07) is 23.6. The third kappa shape index (κ3) is 5.28. The molecule has 0 heterocycles. The van der Waals surface area contributed by atoms with Crippen molar-refractivity contribution in [2.45, 2.75) is 26.9 Å². The lowest BCUT2D eigenvalue weighted by Gasteiger charge is -2.24. The van der Waals surface area contributed by atoms with Gasteiger partial charge in [0.05, 0.1) is 7.11 Å². The summed E-state index contributed by atoms with van der Waals surface area (Å²) in [5.41, 5.74) is 5.70. The zero-order valence-electron chi connectivity index (χ0n) is 18.2. The minimum Gasteiger partial charge on any atom is -0.480 e. The molecule has 0 saturated carbocycles. The molecule has 0 unspecified atom stereocenters. The van der Waals surface area contributed by atoms with Gasteiger partial charge in [0.2, 0.25) is 0 Å². The summed E-state index contributed by atoms with van der Waals surface area (Å²) in [5.74, 6) is -1.36. The smallest absolute Gasteiger partial charge is 0.378 e. The van der Waals surface area contributed by atoms with Gasteiger partial charge in [-0.15, -0.1) is 0 Å². The third-order valence-corrected chi connectivity index (χ3v) is 5.02. The van der Waals surface area contributed by atoms with Gasteiger partial charge in [0.25, 0.3) is 5.78 Å². The molecule has 3 aromatic carbocycles. The number of rotatable bonds is 7. The molecule has 0 spiro atoms. The predicted molar refractivity (Wildman–Crippen MR) is 121 cm³/mol. The molecule has 0 saturated heterocycles.